The van der Waals surface area contributed by atoms with Crippen LogP contribution >= 0.6 is 11.6 Å². The van der Waals surface area contributed by atoms with Crippen LogP contribution in [0.1, 0.15) is 56.6 Å². The lowest BCUT2D eigenvalue weighted by Gasteiger charge is -2.44. The monoisotopic (exact) mass is 295 g/mol. The zero-order chi connectivity index (χ0) is 14.0. The molecule has 1 saturated heterocycles. The maximum absolute atomic E-state index is 10.6. The van der Waals surface area contributed by atoms with Crippen molar-refractivity contribution in [2.24, 2.45) is 5.92 Å². The summed E-state index contributed by atoms with van der Waals surface area (Å²) in [6.45, 7) is 0.767. The molecule has 3 nitrogen and oxygen atoms in total. The molecule has 1 N–H and O–H groups in total. The van der Waals surface area contributed by atoms with Gasteiger partial charge in [0.25, 0.3) is 0 Å². The Labute approximate surface area is 125 Å². The summed E-state index contributed by atoms with van der Waals surface area (Å²) < 4.78 is 6.09. The fourth-order valence-corrected chi connectivity index (χ4v) is 3.83. The highest BCUT2D eigenvalue weighted by Crippen LogP contribution is 2.44. The molecule has 3 rings (SSSR count). The van der Waals surface area contributed by atoms with Crippen LogP contribution in [0, 0.1) is 5.92 Å². The van der Waals surface area contributed by atoms with Gasteiger partial charge in [-0.3, -0.25) is 0 Å². The Morgan fingerprint density at radius 1 is 1.30 bits per heavy atom. The van der Waals surface area contributed by atoms with Gasteiger partial charge < -0.3 is 9.84 Å². The molecule has 2 heterocycles. The first kappa shape index (κ1) is 14.3. The molecule has 20 heavy (non-hydrogen) atoms. The highest BCUT2D eigenvalue weighted by atomic mass is 35.5. The summed E-state index contributed by atoms with van der Waals surface area (Å²) >= 11 is 5.81. The van der Waals surface area contributed by atoms with E-state index < -0.39 is 6.10 Å². The van der Waals surface area contributed by atoms with Crippen molar-refractivity contribution >= 4 is 11.6 Å². The second kappa shape index (κ2) is 6.00. The predicted octanol–water partition coefficient (Wildman–Crippen LogP) is 3.90. The third kappa shape index (κ3) is 3.00. The van der Waals surface area contributed by atoms with Crippen molar-refractivity contribution in [2.75, 3.05) is 6.61 Å². The van der Waals surface area contributed by atoms with E-state index in [2.05, 4.69) is 4.98 Å². The number of nitrogens with zero attached hydrogens (tertiary/aromatic N) is 1. The minimum Gasteiger partial charge on any atom is -0.388 e. The molecule has 1 saturated carbocycles. The molecule has 1 spiro atoms. The molecule has 4 heteroatoms. The van der Waals surface area contributed by atoms with Gasteiger partial charge in [0.05, 0.1) is 11.7 Å². The normalized spacial score (nSPS) is 27.4. The van der Waals surface area contributed by atoms with Crippen LogP contribution in [0.5, 0.6) is 0 Å². The van der Waals surface area contributed by atoms with E-state index >= 15 is 0 Å². The molecule has 0 bridgehead atoms. The highest BCUT2D eigenvalue weighted by molar-refractivity contribution is 6.29. The number of hydrogen-bond acceptors (Lipinski definition) is 3. The zero-order valence-electron chi connectivity index (χ0n) is 11.7. The van der Waals surface area contributed by atoms with E-state index in [1.165, 1.54) is 19.3 Å². The Balaban J connectivity index is 1.71. The molecule has 1 aromatic heterocycles. The van der Waals surface area contributed by atoms with Crippen LogP contribution in [0.3, 0.4) is 0 Å². The standard InChI is InChI=1S/C16H22ClNO2/c17-14-5-4-13(11-18-14)15(19)12-6-9-20-16(10-12)7-2-1-3-8-16/h4-5,11-12,15,19H,1-3,6-10H2. The number of aromatic nitrogens is 1. The third-order valence-electron chi connectivity index (χ3n) is 4.83. The number of hydrogen-bond donors (Lipinski definition) is 1. The number of aliphatic hydroxyl groups excluding tert-OH is 1. The lowest BCUT2D eigenvalue weighted by atomic mass is 9.74. The maximum atomic E-state index is 10.6. The van der Waals surface area contributed by atoms with Crippen LogP contribution in [0.15, 0.2) is 18.3 Å². The van der Waals surface area contributed by atoms with E-state index in [1.54, 1.807) is 12.3 Å². The SMILES string of the molecule is OC(c1ccc(Cl)nc1)C1CCOC2(CCCCC2)C1. The summed E-state index contributed by atoms with van der Waals surface area (Å²) in [7, 11) is 0. The molecule has 1 aromatic rings. The predicted molar refractivity (Wildman–Crippen MR) is 78.7 cm³/mol. The van der Waals surface area contributed by atoms with Crippen LogP contribution in [-0.4, -0.2) is 22.3 Å². The van der Waals surface area contributed by atoms with Gasteiger partial charge in [0.2, 0.25) is 0 Å². The smallest absolute Gasteiger partial charge is 0.129 e. The minimum atomic E-state index is -0.456. The topological polar surface area (TPSA) is 42.4 Å². The van der Waals surface area contributed by atoms with Gasteiger partial charge in [-0.25, -0.2) is 4.98 Å². The molecule has 2 unspecified atom stereocenters. The summed E-state index contributed by atoms with van der Waals surface area (Å²) in [4.78, 5) is 4.07. The van der Waals surface area contributed by atoms with E-state index in [0.29, 0.717) is 5.15 Å². The zero-order valence-corrected chi connectivity index (χ0v) is 12.5. The Morgan fingerprint density at radius 2 is 2.10 bits per heavy atom. The number of ether oxygens (including phenoxy) is 1. The van der Waals surface area contributed by atoms with Gasteiger partial charge >= 0.3 is 0 Å². The van der Waals surface area contributed by atoms with Crippen molar-refractivity contribution in [3.63, 3.8) is 0 Å². The summed E-state index contributed by atoms with van der Waals surface area (Å²) in [5.41, 5.74) is 0.898. The number of pyridine rings is 1. The van der Waals surface area contributed by atoms with E-state index in [-0.39, 0.29) is 11.5 Å². The first-order chi connectivity index (χ1) is 9.69. The quantitative estimate of drug-likeness (QED) is 0.842. The summed E-state index contributed by atoms with van der Waals surface area (Å²) in [5, 5.41) is 11.1. The first-order valence-electron chi connectivity index (χ1n) is 7.62. The van der Waals surface area contributed by atoms with Crippen LogP contribution in [-0.2, 0) is 4.74 Å². The molecule has 0 radical (unpaired) electrons. The van der Waals surface area contributed by atoms with Crippen molar-refractivity contribution in [1.82, 2.24) is 4.98 Å². The van der Waals surface area contributed by atoms with E-state index in [1.807, 2.05) is 6.07 Å². The Kier molecular flexibility index (Phi) is 4.29. The molecular weight excluding hydrogens is 274 g/mol. The average molecular weight is 296 g/mol. The maximum Gasteiger partial charge on any atom is 0.129 e. The van der Waals surface area contributed by atoms with Gasteiger partial charge in [-0.1, -0.05) is 36.9 Å². The molecule has 0 aromatic carbocycles. The largest absolute Gasteiger partial charge is 0.388 e. The van der Waals surface area contributed by atoms with Gasteiger partial charge in [-0.05, 0) is 43.2 Å². The molecule has 2 atom stereocenters. The van der Waals surface area contributed by atoms with E-state index in [0.717, 1.165) is 37.9 Å². The number of aliphatic hydroxyl groups is 1. The molecular formula is C16H22ClNO2. The van der Waals surface area contributed by atoms with Gasteiger partial charge in [0.1, 0.15) is 5.15 Å². The van der Waals surface area contributed by atoms with Crippen molar-refractivity contribution in [3.05, 3.63) is 29.0 Å². The second-order valence-electron chi connectivity index (χ2n) is 6.20. The summed E-state index contributed by atoms with van der Waals surface area (Å²) in [5.74, 6) is 0.268. The van der Waals surface area contributed by atoms with Gasteiger partial charge in [-0.2, -0.15) is 0 Å². The Hall–Kier alpha value is -0.640. The minimum absolute atomic E-state index is 0.0298. The number of halogens is 1. The van der Waals surface area contributed by atoms with Crippen molar-refractivity contribution in [3.8, 4) is 0 Å². The lowest BCUT2D eigenvalue weighted by Crippen LogP contribution is -2.42. The molecule has 0 amide bonds. The molecule has 1 aliphatic carbocycles. The van der Waals surface area contributed by atoms with Crippen molar-refractivity contribution in [2.45, 2.75) is 56.7 Å². The Morgan fingerprint density at radius 3 is 2.80 bits per heavy atom. The van der Waals surface area contributed by atoms with Crippen LogP contribution in [0.25, 0.3) is 0 Å². The first-order valence-corrected chi connectivity index (χ1v) is 8.00. The molecule has 1 aliphatic heterocycles. The van der Waals surface area contributed by atoms with Crippen LogP contribution in [0.2, 0.25) is 5.15 Å². The molecule has 110 valence electrons. The van der Waals surface area contributed by atoms with Gasteiger partial charge in [-0.15, -0.1) is 0 Å². The number of rotatable bonds is 2. The highest BCUT2D eigenvalue weighted by Gasteiger charge is 2.40. The molecule has 2 aliphatic rings. The fraction of sp³-hybridized carbons (Fsp3) is 0.688. The third-order valence-corrected chi connectivity index (χ3v) is 5.06. The average Bonchev–Trinajstić information content (AvgIpc) is 2.48. The van der Waals surface area contributed by atoms with Crippen molar-refractivity contribution < 1.29 is 9.84 Å². The second-order valence-corrected chi connectivity index (χ2v) is 6.59. The van der Waals surface area contributed by atoms with E-state index in [4.69, 9.17) is 16.3 Å². The van der Waals surface area contributed by atoms with Gasteiger partial charge in [0.15, 0.2) is 0 Å². The van der Waals surface area contributed by atoms with Crippen molar-refractivity contribution in [1.29, 1.82) is 0 Å². The van der Waals surface area contributed by atoms with E-state index in [9.17, 15) is 5.11 Å². The molecule has 2 fully saturated rings. The fourth-order valence-electron chi connectivity index (χ4n) is 3.71. The van der Waals surface area contributed by atoms with Gasteiger partial charge in [0, 0.05) is 12.8 Å². The lowest BCUT2D eigenvalue weighted by molar-refractivity contribution is -0.134. The van der Waals surface area contributed by atoms with Crippen LogP contribution in [0.4, 0.5) is 0 Å². The van der Waals surface area contributed by atoms with Crippen LogP contribution < -0.4 is 0 Å². The Bertz CT molecular complexity index is 437. The summed E-state index contributed by atoms with van der Waals surface area (Å²) in [6.07, 6.45) is 9.25. The summed E-state index contributed by atoms with van der Waals surface area (Å²) in [6, 6.07) is 3.62.